The fraction of sp³-hybridized carbons (Fsp3) is 0.511. The minimum atomic E-state index is -1.14. The smallest absolute Gasteiger partial charge is 0.231 e. The fourth-order valence-corrected chi connectivity index (χ4v) is 10.5. The molecule has 4 aliphatic rings. The van der Waals surface area contributed by atoms with E-state index < -0.39 is 12.1 Å². The molecule has 2 aliphatic heterocycles. The zero-order valence-corrected chi connectivity index (χ0v) is 35.2. The molecule has 1 aromatic heterocycles. The van der Waals surface area contributed by atoms with E-state index in [1.54, 1.807) is 17.8 Å². The number of amides is 1. The second-order valence-electron chi connectivity index (χ2n) is 16.0. The van der Waals surface area contributed by atoms with E-state index in [-0.39, 0.29) is 54.6 Å². The number of oxime groups is 1. The van der Waals surface area contributed by atoms with E-state index in [9.17, 15) is 15.0 Å². The first-order valence-electron chi connectivity index (χ1n) is 21.3. The Morgan fingerprint density at radius 2 is 1.88 bits per heavy atom. The third-order valence-corrected chi connectivity index (χ3v) is 13.1. The van der Waals surface area contributed by atoms with E-state index in [4.69, 9.17) is 28.9 Å². The maximum atomic E-state index is 11.8. The van der Waals surface area contributed by atoms with Gasteiger partial charge < -0.3 is 39.3 Å². The van der Waals surface area contributed by atoms with Gasteiger partial charge in [-0.25, -0.2) is 0 Å². The lowest BCUT2D eigenvalue weighted by molar-refractivity contribution is -0.223. The largest absolute Gasteiger partial charge is 0.487 e. The van der Waals surface area contributed by atoms with Gasteiger partial charge in [-0.15, -0.1) is 18.3 Å². The van der Waals surface area contributed by atoms with Crippen LogP contribution in [-0.2, 0) is 25.7 Å². The number of nitrogens with zero attached hydrogens (tertiary/aromatic N) is 2. The number of rotatable bonds is 19. The number of hydrogen-bond acceptors (Lipinski definition) is 11. The van der Waals surface area contributed by atoms with E-state index in [0.717, 1.165) is 102 Å². The molecule has 7 rings (SSSR count). The van der Waals surface area contributed by atoms with E-state index in [0.29, 0.717) is 26.1 Å². The number of allylic oxidation sites excluding steroid dienone is 1. The highest BCUT2D eigenvalue weighted by atomic mass is 32.2. The lowest BCUT2D eigenvalue weighted by atomic mass is 9.56. The van der Waals surface area contributed by atoms with Crippen LogP contribution >= 0.6 is 11.8 Å². The lowest BCUT2D eigenvalue weighted by Crippen LogP contribution is -2.64. The molecule has 1 amide bonds. The second kappa shape index (κ2) is 20.4. The van der Waals surface area contributed by atoms with Crippen LogP contribution in [0, 0.1) is 24.7 Å². The molecule has 0 spiro atoms. The third kappa shape index (κ3) is 10.2. The Kier molecular flexibility index (Phi) is 14.8. The van der Waals surface area contributed by atoms with Gasteiger partial charge in [0, 0.05) is 60.7 Å². The Hall–Kier alpha value is -4.20. The lowest BCUT2D eigenvalue weighted by Gasteiger charge is -2.58. The Morgan fingerprint density at radius 3 is 2.61 bits per heavy atom. The quantitative estimate of drug-likeness (QED) is 0.0610. The number of aliphatic hydroxyl groups is 2. The number of pyridine rings is 1. The van der Waals surface area contributed by atoms with Crippen molar-refractivity contribution in [2.45, 2.75) is 113 Å². The van der Waals surface area contributed by atoms with Crippen LogP contribution < -0.4 is 14.8 Å². The molecule has 1 saturated carbocycles. The number of aliphatic hydroxyl groups excluding tert-OH is 2. The summed E-state index contributed by atoms with van der Waals surface area (Å²) in [4.78, 5) is 23.7. The van der Waals surface area contributed by atoms with Gasteiger partial charge in [-0.2, -0.15) is 0 Å². The molecule has 0 radical (unpaired) electrons. The van der Waals surface area contributed by atoms with Crippen LogP contribution in [0.5, 0.6) is 11.5 Å². The highest BCUT2D eigenvalue weighted by Gasteiger charge is 2.64. The molecule has 59 heavy (non-hydrogen) atoms. The fourth-order valence-electron chi connectivity index (χ4n) is 9.25. The first-order chi connectivity index (χ1) is 28.8. The minimum absolute atomic E-state index is 0.0799. The van der Waals surface area contributed by atoms with Crippen molar-refractivity contribution in [1.29, 1.82) is 0 Å². The molecule has 3 N–H and O–H groups in total. The monoisotopic (exact) mass is 825 g/mol. The average molecular weight is 826 g/mol. The van der Waals surface area contributed by atoms with Crippen LogP contribution in [0.25, 0.3) is 0 Å². The molecule has 3 heterocycles. The van der Waals surface area contributed by atoms with Gasteiger partial charge in [-0.1, -0.05) is 36.2 Å². The Labute approximate surface area is 352 Å². The third-order valence-electron chi connectivity index (χ3n) is 11.8. The number of aryl methyl sites for hydroxylation is 1. The van der Waals surface area contributed by atoms with E-state index in [1.165, 1.54) is 6.92 Å². The minimum Gasteiger partial charge on any atom is -0.487 e. The van der Waals surface area contributed by atoms with Crippen molar-refractivity contribution < 1.29 is 38.8 Å². The molecule has 12 heteroatoms. The Bertz CT molecular complexity index is 1950. The molecular formula is C47H59N3O8S. The van der Waals surface area contributed by atoms with Crippen LogP contribution in [0.3, 0.4) is 0 Å². The maximum absolute atomic E-state index is 11.8. The summed E-state index contributed by atoms with van der Waals surface area (Å²) in [6.45, 7) is 9.04. The maximum Gasteiger partial charge on any atom is 0.231 e. The summed E-state index contributed by atoms with van der Waals surface area (Å²) in [5, 5.41) is 27.4. The van der Waals surface area contributed by atoms with E-state index >= 15 is 0 Å². The average Bonchev–Trinajstić information content (AvgIpc) is 3.24. The molecule has 7 atom stereocenters. The first-order valence-corrected chi connectivity index (χ1v) is 22.2. The predicted octanol–water partition coefficient (Wildman–Crippen LogP) is 8.88. The molecule has 11 nitrogen and oxygen atoms in total. The van der Waals surface area contributed by atoms with Crippen LogP contribution in [0.4, 0.5) is 5.69 Å². The molecule has 7 unspecified atom stereocenters. The topological polar surface area (TPSA) is 141 Å². The first kappa shape index (κ1) is 42.9. The van der Waals surface area contributed by atoms with Crippen LogP contribution in [0.1, 0.15) is 94.0 Å². The summed E-state index contributed by atoms with van der Waals surface area (Å²) in [6.07, 6.45) is 12.0. The summed E-state index contributed by atoms with van der Waals surface area (Å²) < 4.78 is 26.9. The molecular weight excluding hydrogens is 767 g/mol. The number of ether oxygens (including phenoxy) is 4. The van der Waals surface area contributed by atoms with Gasteiger partial charge >= 0.3 is 0 Å². The van der Waals surface area contributed by atoms with Gasteiger partial charge in [-0.3, -0.25) is 9.78 Å². The van der Waals surface area contributed by atoms with Gasteiger partial charge in [0.2, 0.25) is 18.0 Å². The van der Waals surface area contributed by atoms with Gasteiger partial charge in [0.15, 0.2) is 0 Å². The Balaban J connectivity index is 1.37. The van der Waals surface area contributed by atoms with Crippen molar-refractivity contribution in [3.8, 4) is 11.5 Å². The molecule has 316 valence electrons. The SMILES string of the molecule is C=CCOC12Oc3ccc(OCc4cccc(C)n4)cc3C3C(CCCCO)C(CCCCO)C=C(C(=NOC4CCCCO4)CC1Sc1ccc(NC(C)=O)cc1)C32. The van der Waals surface area contributed by atoms with Crippen molar-refractivity contribution in [1.82, 2.24) is 4.98 Å². The number of anilines is 1. The molecule has 0 bridgehead atoms. The standard InChI is InChI=1S/C47H59N3O8S/c1-4-25-56-47-43(59-37-20-17-34(18-21-37)49-32(3)53)29-41(50-58-44-16-7-10-26-54-44)39-27-33(13-5-8-23-51)38(15-6-9-24-52)45(46(39)47)40-28-36(19-22-42(40)57-47)55-30-35-14-11-12-31(2)48-35/h4,11-12,14,17-22,27-28,33,38,43-46,51-52H,1,5-10,13,15-16,23-26,29-30H2,2-3H3,(H,49,53). The zero-order valence-electron chi connectivity index (χ0n) is 34.4. The van der Waals surface area contributed by atoms with Crippen molar-refractivity contribution in [3.05, 3.63) is 102 Å². The summed E-state index contributed by atoms with van der Waals surface area (Å²) in [5.74, 6) is 0.141. The number of carbonyl (C=O) groups is 1. The Morgan fingerprint density at radius 1 is 1.07 bits per heavy atom. The summed E-state index contributed by atoms with van der Waals surface area (Å²) in [6, 6.07) is 19.9. The van der Waals surface area contributed by atoms with Crippen LogP contribution in [0.2, 0.25) is 0 Å². The number of nitrogens with one attached hydrogen (secondary N) is 1. The highest BCUT2D eigenvalue weighted by molar-refractivity contribution is 8.00. The second-order valence-corrected chi connectivity index (χ2v) is 17.3. The van der Waals surface area contributed by atoms with Crippen LogP contribution in [0.15, 0.2) is 95.0 Å². The summed E-state index contributed by atoms with van der Waals surface area (Å²) in [7, 11) is 0. The van der Waals surface area contributed by atoms with Crippen molar-refractivity contribution in [2.75, 3.05) is 31.7 Å². The summed E-state index contributed by atoms with van der Waals surface area (Å²) in [5.41, 5.74) is 5.47. The van der Waals surface area contributed by atoms with Crippen molar-refractivity contribution in [3.63, 3.8) is 0 Å². The van der Waals surface area contributed by atoms with Gasteiger partial charge in [0.25, 0.3) is 0 Å². The number of benzene rings is 2. The number of fused-ring (bicyclic) bond motifs is 2. The van der Waals surface area contributed by atoms with Crippen LogP contribution in [-0.4, -0.2) is 70.6 Å². The molecule has 2 aromatic carbocycles. The molecule has 3 aromatic rings. The number of carbonyl (C=O) groups excluding carboxylic acids is 1. The normalized spacial score (nSPS) is 26.5. The molecule has 2 aliphatic carbocycles. The molecule has 1 saturated heterocycles. The number of aromatic nitrogens is 1. The van der Waals surface area contributed by atoms with E-state index in [1.807, 2.05) is 61.5 Å². The van der Waals surface area contributed by atoms with Gasteiger partial charge in [0.1, 0.15) is 18.1 Å². The van der Waals surface area contributed by atoms with Crippen molar-refractivity contribution in [2.24, 2.45) is 22.9 Å². The molecule has 2 fully saturated rings. The number of unbranched alkanes of at least 4 members (excludes halogenated alkanes) is 2. The van der Waals surface area contributed by atoms with Gasteiger partial charge in [0.05, 0.1) is 35.8 Å². The number of thioether (sulfide) groups is 1. The highest BCUT2D eigenvalue weighted by Crippen LogP contribution is 2.63. The summed E-state index contributed by atoms with van der Waals surface area (Å²) >= 11 is 1.67. The van der Waals surface area contributed by atoms with E-state index in [2.05, 4.69) is 29.0 Å². The predicted molar refractivity (Wildman–Crippen MR) is 230 cm³/mol. The number of hydrogen-bond donors (Lipinski definition) is 3. The van der Waals surface area contributed by atoms with Crippen molar-refractivity contribution >= 4 is 29.1 Å². The zero-order chi connectivity index (χ0) is 41.2. The van der Waals surface area contributed by atoms with Gasteiger partial charge in [-0.05, 0) is 117 Å².